The summed E-state index contributed by atoms with van der Waals surface area (Å²) in [6.07, 6.45) is 10.9. The molecule has 350 valence electrons. The van der Waals surface area contributed by atoms with E-state index >= 15 is 0 Å². The van der Waals surface area contributed by atoms with Crippen molar-refractivity contribution in [2.75, 3.05) is 29.4 Å². The van der Waals surface area contributed by atoms with Crippen LogP contribution in [0.2, 0.25) is 0 Å². The van der Waals surface area contributed by atoms with Gasteiger partial charge in [0.15, 0.2) is 0 Å². The number of fused-ring (bicyclic) bond motifs is 2. The molecule has 4 amide bonds. The van der Waals surface area contributed by atoms with Crippen molar-refractivity contribution in [2.24, 2.45) is 0 Å². The van der Waals surface area contributed by atoms with Crippen molar-refractivity contribution in [1.82, 2.24) is 4.90 Å². The summed E-state index contributed by atoms with van der Waals surface area (Å²) >= 11 is 0. The van der Waals surface area contributed by atoms with Crippen LogP contribution in [0.5, 0.6) is 0 Å². The van der Waals surface area contributed by atoms with E-state index in [1.54, 1.807) is 47.5 Å². The van der Waals surface area contributed by atoms with E-state index in [4.69, 9.17) is 0 Å². The van der Waals surface area contributed by atoms with Gasteiger partial charge in [0, 0.05) is 69.5 Å². The lowest BCUT2D eigenvalue weighted by Gasteiger charge is -2.39. The van der Waals surface area contributed by atoms with Crippen LogP contribution in [-0.2, 0) is 12.8 Å². The van der Waals surface area contributed by atoms with Crippen molar-refractivity contribution in [3.8, 4) is 34.1 Å². The summed E-state index contributed by atoms with van der Waals surface area (Å²) in [6, 6.07) is 39.9. The highest BCUT2D eigenvalue weighted by Gasteiger charge is 2.40. The van der Waals surface area contributed by atoms with Crippen molar-refractivity contribution in [2.45, 2.75) is 85.0 Å². The van der Waals surface area contributed by atoms with Gasteiger partial charge in [-0.15, -0.1) is 0 Å². The van der Waals surface area contributed by atoms with Crippen LogP contribution in [0.4, 0.5) is 11.4 Å². The Kier molecular flexibility index (Phi) is 11.2. The minimum absolute atomic E-state index is 0.287. The van der Waals surface area contributed by atoms with Crippen molar-refractivity contribution in [1.29, 1.82) is 0 Å². The predicted molar refractivity (Wildman–Crippen MR) is 287 cm³/mol. The highest BCUT2D eigenvalue weighted by molar-refractivity contribution is 6.39. The molecule has 7 heteroatoms. The van der Waals surface area contributed by atoms with Crippen LogP contribution in [0, 0.1) is 25.7 Å². The lowest BCUT2D eigenvalue weighted by atomic mass is 9.78. The van der Waals surface area contributed by atoms with Crippen LogP contribution in [0.3, 0.4) is 0 Å². The molecule has 71 heavy (non-hydrogen) atoms. The number of hydrogen-bond acceptors (Lipinski definition) is 5. The van der Waals surface area contributed by atoms with Gasteiger partial charge in [0.2, 0.25) is 0 Å². The van der Waals surface area contributed by atoms with E-state index in [1.807, 2.05) is 12.1 Å². The Morgan fingerprint density at radius 1 is 0.479 bits per heavy atom. The molecule has 0 aromatic heterocycles. The lowest BCUT2D eigenvalue weighted by molar-refractivity contribution is 0.0606. The third kappa shape index (κ3) is 7.17. The Labute approximate surface area is 415 Å². The molecule has 8 aromatic rings. The van der Waals surface area contributed by atoms with E-state index in [2.05, 4.69) is 110 Å². The van der Waals surface area contributed by atoms with Gasteiger partial charge in [0.25, 0.3) is 23.6 Å². The number of imide groups is 2. The molecule has 4 aliphatic heterocycles. The summed E-state index contributed by atoms with van der Waals surface area (Å²) in [7, 11) is 0. The number of carbonyl (C=O) groups excluding carboxylic acids is 4. The number of carbonyl (C=O) groups is 4. The number of unbranched alkanes of at least 4 members (excludes halogenated alkanes) is 5. The Morgan fingerprint density at radius 3 is 1.44 bits per heavy atom. The Morgan fingerprint density at radius 2 is 0.930 bits per heavy atom. The largest absolute Gasteiger partial charge is 0.371 e. The van der Waals surface area contributed by atoms with Crippen LogP contribution in [0.1, 0.15) is 133 Å². The normalized spacial score (nSPS) is 14.9. The SMILES string of the molecule is CCCCCCCCN1C(=O)c2ccc3c4c(ccc(c24)C1=O)C(=O)N(c1ccc(C#Cc2ccc(-c4c5ccccc5c(-c5c(C)c6c7c(c5C)CCCN7CCC6)c5ccccc45)cc2)cc1)C3=O. The van der Waals surface area contributed by atoms with Gasteiger partial charge >= 0.3 is 0 Å². The minimum Gasteiger partial charge on any atom is -0.371 e. The number of hydrogen-bond donors (Lipinski definition) is 0. The summed E-state index contributed by atoms with van der Waals surface area (Å²) < 4.78 is 0. The molecule has 12 rings (SSSR count). The second kappa shape index (κ2) is 17.9. The minimum atomic E-state index is -0.500. The van der Waals surface area contributed by atoms with Crippen LogP contribution in [-0.4, -0.2) is 48.2 Å². The van der Waals surface area contributed by atoms with Crippen molar-refractivity contribution in [3.63, 3.8) is 0 Å². The molecule has 0 N–H and O–H groups in total. The summed E-state index contributed by atoms with van der Waals surface area (Å²) in [5.74, 6) is 4.86. The molecule has 0 unspecified atom stereocenters. The van der Waals surface area contributed by atoms with Crippen molar-refractivity contribution >= 4 is 67.3 Å². The van der Waals surface area contributed by atoms with Gasteiger partial charge in [-0.05, 0) is 173 Å². The molecular formula is C64H55N3O4. The average molecular weight is 930 g/mol. The second-order valence-corrected chi connectivity index (χ2v) is 19.9. The molecule has 0 saturated heterocycles. The number of nitrogens with zero attached hydrogens (tertiary/aromatic N) is 3. The van der Waals surface area contributed by atoms with Gasteiger partial charge in [-0.2, -0.15) is 0 Å². The molecule has 0 radical (unpaired) electrons. The molecule has 7 nitrogen and oxygen atoms in total. The lowest BCUT2D eigenvalue weighted by Crippen LogP contribution is -2.43. The fourth-order valence-corrected chi connectivity index (χ4v) is 12.4. The number of anilines is 2. The van der Waals surface area contributed by atoms with E-state index in [1.165, 1.54) is 84.1 Å². The Bertz CT molecular complexity index is 3480. The third-order valence-electron chi connectivity index (χ3n) is 15.8. The first-order valence-corrected chi connectivity index (χ1v) is 25.6. The van der Waals surface area contributed by atoms with Gasteiger partial charge in [0.05, 0.1) is 5.69 Å². The van der Waals surface area contributed by atoms with E-state index in [0.717, 1.165) is 74.7 Å². The number of benzene rings is 8. The smallest absolute Gasteiger partial charge is 0.265 e. The molecule has 0 fully saturated rings. The molecule has 0 bridgehead atoms. The quantitative estimate of drug-likeness (QED) is 0.0591. The van der Waals surface area contributed by atoms with Gasteiger partial charge in [-0.3, -0.25) is 24.1 Å². The third-order valence-corrected chi connectivity index (χ3v) is 15.8. The zero-order valence-corrected chi connectivity index (χ0v) is 40.7. The standard InChI is InChI=1S/C64H55N3O4/c1-4-5-6-7-8-13-38-66-61(68)51-32-34-53-59-54(35-33-52(58(51)59)62(66)69)64(71)67(63(53)70)44-30-26-42(27-31-44)23-22-41-24-28-43(29-25-41)56-47-16-9-11-18-49(47)57(50-19-12-10-17-48(50)56)55-39(2)45-20-14-36-65-37-15-21-46(40(55)3)60(45)65/h9-12,16-19,24-35H,4-8,13-15,20-21,36-38H2,1-3H3. The zero-order valence-electron chi connectivity index (χ0n) is 40.7. The van der Waals surface area contributed by atoms with Gasteiger partial charge in [0.1, 0.15) is 0 Å². The zero-order chi connectivity index (χ0) is 48.5. The molecular weight excluding hydrogens is 875 g/mol. The van der Waals surface area contributed by atoms with E-state index < -0.39 is 11.8 Å². The maximum Gasteiger partial charge on any atom is 0.265 e. The fourth-order valence-electron chi connectivity index (χ4n) is 12.4. The van der Waals surface area contributed by atoms with Crippen LogP contribution >= 0.6 is 0 Å². The van der Waals surface area contributed by atoms with Gasteiger partial charge < -0.3 is 4.90 Å². The molecule has 0 aliphatic carbocycles. The molecule has 0 spiro atoms. The first-order valence-electron chi connectivity index (χ1n) is 25.6. The van der Waals surface area contributed by atoms with Crippen LogP contribution < -0.4 is 9.80 Å². The Balaban J connectivity index is 0.813. The summed E-state index contributed by atoms with van der Waals surface area (Å²) in [6.45, 7) is 9.56. The van der Waals surface area contributed by atoms with Gasteiger partial charge in [-0.1, -0.05) is 112 Å². The van der Waals surface area contributed by atoms with E-state index in [9.17, 15) is 19.2 Å². The predicted octanol–water partition coefficient (Wildman–Crippen LogP) is 14.0. The molecule has 4 aliphatic rings. The van der Waals surface area contributed by atoms with E-state index in [-0.39, 0.29) is 22.9 Å². The fraction of sp³-hybridized carbons (Fsp3) is 0.250. The second-order valence-electron chi connectivity index (χ2n) is 19.9. The van der Waals surface area contributed by atoms with Gasteiger partial charge in [-0.25, -0.2) is 4.90 Å². The molecule has 8 aromatic carbocycles. The Hall–Kier alpha value is -7.82. The number of amides is 4. The molecule has 4 heterocycles. The highest BCUT2D eigenvalue weighted by atomic mass is 16.2. The highest BCUT2D eigenvalue weighted by Crippen LogP contribution is 2.50. The van der Waals surface area contributed by atoms with Crippen LogP contribution in [0.25, 0.3) is 54.6 Å². The first kappa shape index (κ1) is 44.4. The first-order chi connectivity index (χ1) is 34.7. The summed E-state index contributed by atoms with van der Waals surface area (Å²) in [4.78, 5) is 61.0. The average Bonchev–Trinajstić information content (AvgIpc) is 3.40. The molecule has 0 saturated carbocycles. The monoisotopic (exact) mass is 929 g/mol. The maximum absolute atomic E-state index is 14.2. The topological polar surface area (TPSA) is 78.0 Å². The van der Waals surface area contributed by atoms with Crippen molar-refractivity contribution in [3.05, 3.63) is 177 Å². The van der Waals surface area contributed by atoms with Crippen molar-refractivity contribution < 1.29 is 19.2 Å². The number of rotatable bonds is 10. The molecule has 0 atom stereocenters. The summed E-state index contributed by atoms with van der Waals surface area (Å²) in [5, 5.41) is 5.77. The van der Waals surface area contributed by atoms with E-state index in [0.29, 0.717) is 34.1 Å². The maximum atomic E-state index is 14.2. The summed E-state index contributed by atoms with van der Waals surface area (Å²) in [5.41, 5.74) is 15.8. The van der Waals surface area contributed by atoms with Crippen LogP contribution in [0.15, 0.2) is 121 Å².